The van der Waals surface area contributed by atoms with Gasteiger partial charge in [-0.15, -0.1) is 0 Å². The third-order valence-electron chi connectivity index (χ3n) is 4.81. The lowest BCUT2D eigenvalue weighted by atomic mass is 10.1. The Labute approximate surface area is 162 Å². The Morgan fingerprint density at radius 2 is 1.50 bits per heavy atom. The standard InChI is InChI=1S/C21H20N2O5/c1-12(24)13-3-2-4-14(9-13)22-20(25)16-11-17(16)21(26)23-15-5-6-18-19(10-15)28-8-7-27-18/h2-6,9-10,16-17H,7-8,11H2,1H3,(H,22,25)(H,23,26). The topological polar surface area (TPSA) is 93.7 Å². The number of carbonyl (C=O) groups excluding carboxylic acids is 3. The molecule has 2 aromatic carbocycles. The number of rotatable bonds is 5. The van der Waals surface area contributed by atoms with Crippen LogP contribution in [0.15, 0.2) is 42.5 Å². The summed E-state index contributed by atoms with van der Waals surface area (Å²) in [7, 11) is 0. The van der Waals surface area contributed by atoms with E-state index in [9.17, 15) is 14.4 Å². The number of ketones is 1. The molecule has 1 saturated carbocycles. The number of hydrogen-bond donors (Lipinski definition) is 2. The second-order valence-electron chi connectivity index (χ2n) is 6.92. The molecule has 7 nitrogen and oxygen atoms in total. The Morgan fingerprint density at radius 1 is 0.857 bits per heavy atom. The summed E-state index contributed by atoms with van der Waals surface area (Å²) in [6.07, 6.45) is 0.495. The minimum Gasteiger partial charge on any atom is -0.486 e. The Balaban J connectivity index is 1.34. The molecule has 2 aliphatic rings. The van der Waals surface area contributed by atoms with Crippen molar-refractivity contribution in [3.8, 4) is 11.5 Å². The fourth-order valence-corrected chi connectivity index (χ4v) is 3.18. The zero-order valence-corrected chi connectivity index (χ0v) is 15.4. The van der Waals surface area contributed by atoms with Crippen LogP contribution in [0, 0.1) is 11.8 Å². The number of anilines is 2. The maximum Gasteiger partial charge on any atom is 0.228 e. The van der Waals surface area contributed by atoms with E-state index in [1.807, 2.05) is 0 Å². The molecule has 0 aromatic heterocycles. The summed E-state index contributed by atoms with van der Waals surface area (Å²) < 4.78 is 11.0. The first-order valence-electron chi connectivity index (χ1n) is 9.13. The lowest BCUT2D eigenvalue weighted by molar-refractivity contribution is -0.122. The van der Waals surface area contributed by atoms with E-state index in [1.165, 1.54) is 6.92 Å². The highest BCUT2D eigenvalue weighted by molar-refractivity contribution is 6.04. The van der Waals surface area contributed by atoms with Crippen LogP contribution in [-0.4, -0.2) is 30.8 Å². The van der Waals surface area contributed by atoms with E-state index < -0.39 is 0 Å². The fourth-order valence-electron chi connectivity index (χ4n) is 3.18. The van der Waals surface area contributed by atoms with Gasteiger partial charge in [-0.25, -0.2) is 0 Å². The predicted octanol–water partition coefficient (Wildman–Crippen LogP) is 2.87. The van der Waals surface area contributed by atoms with E-state index in [4.69, 9.17) is 9.47 Å². The summed E-state index contributed by atoms with van der Waals surface area (Å²) >= 11 is 0. The Kier molecular flexibility index (Phi) is 4.73. The second-order valence-corrected chi connectivity index (χ2v) is 6.92. The van der Waals surface area contributed by atoms with Gasteiger partial charge in [0.1, 0.15) is 13.2 Å². The van der Waals surface area contributed by atoms with Gasteiger partial charge >= 0.3 is 0 Å². The molecule has 2 atom stereocenters. The van der Waals surface area contributed by atoms with Crippen molar-refractivity contribution in [2.75, 3.05) is 23.8 Å². The van der Waals surface area contributed by atoms with Gasteiger partial charge in [-0.3, -0.25) is 14.4 Å². The molecule has 0 spiro atoms. The Hall–Kier alpha value is -3.35. The van der Waals surface area contributed by atoms with Crippen LogP contribution < -0.4 is 20.1 Å². The largest absolute Gasteiger partial charge is 0.486 e. The van der Waals surface area contributed by atoms with Crippen molar-refractivity contribution in [1.82, 2.24) is 0 Å². The molecule has 0 bridgehead atoms. The number of benzene rings is 2. The lowest BCUT2D eigenvalue weighted by Crippen LogP contribution is -2.21. The molecule has 0 radical (unpaired) electrons. The molecule has 2 amide bonds. The van der Waals surface area contributed by atoms with Gasteiger partial charge in [-0.05, 0) is 37.6 Å². The molecule has 7 heteroatoms. The first-order valence-corrected chi connectivity index (χ1v) is 9.13. The number of fused-ring (bicyclic) bond motifs is 1. The molecule has 2 N–H and O–H groups in total. The highest BCUT2D eigenvalue weighted by atomic mass is 16.6. The second kappa shape index (κ2) is 7.34. The molecule has 1 aliphatic carbocycles. The normalized spacial score (nSPS) is 19.5. The molecular formula is C21H20N2O5. The van der Waals surface area contributed by atoms with Gasteiger partial charge in [0.25, 0.3) is 0 Å². The summed E-state index contributed by atoms with van der Waals surface area (Å²) in [6, 6.07) is 12.0. The summed E-state index contributed by atoms with van der Waals surface area (Å²) in [5.41, 5.74) is 1.69. The van der Waals surface area contributed by atoms with Crippen molar-refractivity contribution in [1.29, 1.82) is 0 Å². The Bertz CT molecular complexity index is 956. The van der Waals surface area contributed by atoms with Crippen molar-refractivity contribution in [2.24, 2.45) is 11.8 Å². The molecule has 1 heterocycles. The zero-order valence-electron chi connectivity index (χ0n) is 15.4. The molecule has 144 valence electrons. The molecule has 0 saturated heterocycles. The van der Waals surface area contributed by atoms with E-state index in [1.54, 1.807) is 42.5 Å². The average molecular weight is 380 g/mol. The number of amides is 2. The van der Waals surface area contributed by atoms with E-state index in [0.717, 1.165) is 0 Å². The quantitative estimate of drug-likeness (QED) is 0.778. The number of hydrogen-bond acceptors (Lipinski definition) is 5. The van der Waals surface area contributed by atoms with Gasteiger partial charge in [0, 0.05) is 23.0 Å². The molecule has 1 aliphatic heterocycles. The first kappa shape index (κ1) is 18.0. The molecule has 28 heavy (non-hydrogen) atoms. The minimum atomic E-state index is -0.377. The maximum absolute atomic E-state index is 12.4. The lowest BCUT2D eigenvalue weighted by Gasteiger charge is -2.19. The van der Waals surface area contributed by atoms with Gasteiger partial charge in [0.05, 0.1) is 11.8 Å². The third kappa shape index (κ3) is 3.83. The monoisotopic (exact) mass is 380 g/mol. The van der Waals surface area contributed by atoms with E-state index in [-0.39, 0.29) is 29.4 Å². The fraction of sp³-hybridized carbons (Fsp3) is 0.286. The summed E-state index contributed by atoms with van der Waals surface area (Å²) in [4.78, 5) is 36.3. The smallest absolute Gasteiger partial charge is 0.228 e. The molecule has 4 rings (SSSR count). The van der Waals surface area contributed by atoms with Crippen molar-refractivity contribution in [3.05, 3.63) is 48.0 Å². The highest BCUT2D eigenvalue weighted by Crippen LogP contribution is 2.41. The van der Waals surface area contributed by atoms with Gasteiger partial charge in [0.2, 0.25) is 11.8 Å². The van der Waals surface area contributed by atoms with Crippen molar-refractivity contribution < 1.29 is 23.9 Å². The van der Waals surface area contributed by atoms with Crippen LogP contribution in [0.3, 0.4) is 0 Å². The van der Waals surface area contributed by atoms with Crippen molar-refractivity contribution in [3.63, 3.8) is 0 Å². The molecule has 1 fully saturated rings. The Morgan fingerprint density at radius 3 is 2.18 bits per heavy atom. The first-order chi connectivity index (χ1) is 13.5. The molecular weight excluding hydrogens is 360 g/mol. The van der Waals surface area contributed by atoms with Gasteiger partial charge in [-0.1, -0.05) is 12.1 Å². The van der Waals surface area contributed by atoms with Crippen LogP contribution in [0.5, 0.6) is 11.5 Å². The van der Waals surface area contributed by atoms with Crippen molar-refractivity contribution >= 4 is 29.0 Å². The van der Waals surface area contributed by atoms with E-state index in [2.05, 4.69) is 10.6 Å². The number of Topliss-reactive ketones (excluding diaryl/α,β-unsaturated/α-hetero) is 1. The van der Waals surface area contributed by atoms with Gasteiger partial charge < -0.3 is 20.1 Å². The summed E-state index contributed by atoms with van der Waals surface area (Å²) in [5.74, 6) is 0.0131. The predicted molar refractivity (Wildman–Crippen MR) is 103 cm³/mol. The van der Waals surface area contributed by atoms with Crippen LogP contribution in [0.1, 0.15) is 23.7 Å². The van der Waals surface area contributed by atoms with Crippen LogP contribution in [0.4, 0.5) is 11.4 Å². The zero-order chi connectivity index (χ0) is 19.7. The van der Waals surface area contributed by atoms with Crippen LogP contribution >= 0.6 is 0 Å². The van der Waals surface area contributed by atoms with E-state index >= 15 is 0 Å². The van der Waals surface area contributed by atoms with Crippen molar-refractivity contribution in [2.45, 2.75) is 13.3 Å². The minimum absolute atomic E-state index is 0.0702. The van der Waals surface area contributed by atoms with Gasteiger partial charge in [-0.2, -0.15) is 0 Å². The highest BCUT2D eigenvalue weighted by Gasteiger charge is 2.48. The molecule has 2 unspecified atom stereocenters. The van der Waals surface area contributed by atoms with E-state index in [0.29, 0.717) is 48.1 Å². The number of nitrogens with one attached hydrogen (secondary N) is 2. The maximum atomic E-state index is 12.4. The SMILES string of the molecule is CC(=O)c1cccc(NC(=O)C2CC2C(=O)Nc2ccc3c(c2)OCCO3)c1. The van der Waals surface area contributed by atoms with Crippen LogP contribution in [0.25, 0.3) is 0 Å². The summed E-state index contributed by atoms with van der Waals surface area (Å²) in [6.45, 7) is 2.45. The number of carbonyl (C=O) groups is 3. The van der Waals surface area contributed by atoms with Crippen LogP contribution in [0.2, 0.25) is 0 Å². The average Bonchev–Trinajstić information content (AvgIpc) is 3.49. The third-order valence-corrected chi connectivity index (χ3v) is 4.81. The number of ether oxygens (including phenoxy) is 2. The molecule has 2 aromatic rings. The summed E-state index contributed by atoms with van der Waals surface area (Å²) in [5, 5.41) is 5.61. The van der Waals surface area contributed by atoms with Crippen LogP contribution in [-0.2, 0) is 9.59 Å². The van der Waals surface area contributed by atoms with Gasteiger partial charge in [0.15, 0.2) is 17.3 Å².